The SMILES string of the molecule is CCCCNC(=O)C(C)(C)C(=O)Nc1ccc(Cl)cc1Cl. The van der Waals surface area contributed by atoms with E-state index in [1.165, 1.54) is 6.07 Å². The largest absolute Gasteiger partial charge is 0.355 e. The zero-order valence-corrected chi connectivity index (χ0v) is 13.9. The zero-order valence-electron chi connectivity index (χ0n) is 12.4. The Bertz CT molecular complexity index is 530. The highest BCUT2D eigenvalue weighted by Crippen LogP contribution is 2.27. The summed E-state index contributed by atoms with van der Waals surface area (Å²) in [4.78, 5) is 24.4. The lowest BCUT2D eigenvalue weighted by Gasteiger charge is -2.23. The first kappa shape index (κ1) is 17.8. The number of halogens is 2. The molecule has 4 nitrogen and oxygen atoms in total. The van der Waals surface area contributed by atoms with Crippen molar-refractivity contribution >= 4 is 40.7 Å². The number of carbonyl (C=O) groups is 2. The molecule has 6 heteroatoms. The highest BCUT2D eigenvalue weighted by molar-refractivity contribution is 6.36. The van der Waals surface area contributed by atoms with Gasteiger partial charge < -0.3 is 10.6 Å². The molecule has 0 saturated heterocycles. The Balaban J connectivity index is 2.74. The van der Waals surface area contributed by atoms with E-state index < -0.39 is 11.3 Å². The minimum absolute atomic E-state index is 0.307. The summed E-state index contributed by atoms with van der Waals surface area (Å²) in [5.41, 5.74) is -0.753. The summed E-state index contributed by atoms with van der Waals surface area (Å²) in [6, 6.07) is 4.76. The van der Waals surface area contributed by atoms with E-state index in [0.717, 1.165) is 12.8 Å². The lowest BCUT2D eigenvalue weighted by atomic mass is 9.91. The number of hydrogen-bond donors (Lipinski definition) is 2. The van der Waals surface area contributed by atoms with E-state index in [-0.39, 0.29) is 5.91 Å². The first-order valence-electron chi connectivity index (χ1n) is 6.83. The maximum atomic E-state index is 12.3. The average Bonchev–Trinajstić information content (AvgIpc) is 2.41. The van der Waals surface area contributed by atoms with Gasteiger partial charge in [0.2, 0.25) is 11.8 Å². The summed E-state index contributed by atoms with van der Waals surface area (Å²) in [6.07, 6.45) is 1.86. The van der Waals surface area contributed by atoms with Crippen LogP contribution in [0, 0.1) is 5.41 Å². The molecule has 1 rings (SSSR count). The van der Waals surface area contributed by atoms with Crippen molar-refractivity contribution in [2.45, 2.75) is 33.6 Å². The van der Waals surface area contributed by atoms with Gasteiger partial charge in [0.25, 0.3) is 0 Å². The van der Waals surface area contributed by atoms with Crippen LogP contribution in [0.25, 0.3) is 0 Å². The van der Waals surface area contributed by atoms with Crippen LogP contribution in [0.2, 0.25) is 10.0 Å². The molecule has 0 radical (unpaired) electrons. The summed E-state index contributed by atoms with van der Waals surface area (Å²) in [5, 5.41) is 6.23. The first-order chi connectivity index (χ1) is 9.78. The molecular formula is C15H20Cl2N2O2. The molecule has 0 heterocycles. The molecule has 0 bridgehead atoms. The first-order valence-corrected chi connectivity index (χ1v) is 7.59. The van der Waals surface area contributed by atoms with Crippen LogP contribution in [0.3, 0.4) is 0 Å². The maximum Gasteiger partial charge on any atom is 0.239 e. The third-order valence-electron chi connectivity index (χ3n) is 3.13. The summed E-state index contributed by atoms with van der Waals surface area (Å²) >= 11 is 11.8. The van der Waals surface area contributed by atoms with Gasteiger partial charge in [0.15, 0.2) is 0 Å². The summed E-state index contributed by atoms with van der Waals surface area (Å²) in [6.45, 7) is 5.75. The smallest absolute Gasteiger partial charge is 0.239 e. The van der Waals surface area contributed by atoms with Crippen LogP contribution in [0.1, 0.15) is 33.6 Å². The predicted molar refractivity (Wildman–Crippen MR) is 86.8 cm³/mol. The Morgan fingerprint density at radius 3 is 2.43 bits per heavy atom. The third-order valence-corrected chi connectivity index (χ3v) is 3.68. The van der Waals surface area contributed by atoms with Gasteiger partial charge in [0, 0.05) is 11.6 Å². The molecule has 1 aromatic carbocycles. The van der Waals surface area contributed by atoms with Crippen molar-refractivity contribution in [3.8, 4) is 0 Å². The topological polar surface area (TPSA) is 58.2 Å². The number of rotatable bonds is 6. The van der Waals surface area contributed by atoms with E-state index in [1.807, 2.05) is 6.92 Å². The second-order valence-corrected chi connectivity index (χ2v) is 6.16. The third kappa shape index (κ3) is 4.90. The van der Waals surface area contributed by atoms with E-state index in [0.29, 0.717) is 22.3 Å². The molecule has 0 atom stereocenters. The van der Waals surface area contributed by atoms with Gasteiger partial charge >= 0.3 is 0 Å². The van der Waals surface area contributed by atoms with Crippen LogP contribution in [0.5, 0.6) is 0 Å². The molecule has 116 valence electrons. The maximum absolute atomic E-state index is 12.3. The van der Waals surface area contributed by atoms with Crippen LogP contribution in [-0.4, -0.2) is 18.4 Å². The monoisotopic (exact) mass is 330 g/mol. The number of benzene rings is 1. The summed E-state index contributed by atoms with van der Waals surface area (Å²) < 4.78 is 0. The van der Waals surface area contributed by atoms with Gasteiger partial charge in [0.05, 0.1) is 10.7 Å². The Morgan fingerprint density at radius 2 is 1.86 bits per heavy atom. The van der Waals surface area contributed by atoms with Crippen molar-refractivity contribution in [3.63, 3.8) is 0 Å². The van der Waals surface area contributed by atoms with Gasteiger partial charge in [-0.2, -0.15) is 0 Å². The second-order valence-electron chi connectivity index (χ2n) is 5.31. The lowest BCUT2D eigenvalue weighted by molar-refractivity contribution is -0.138. The van der Waals surface area contributed by atoms with E-state index in [4.69, 9.17) is 23.2 Å². The van der Waals surface area contributed by atoms with Crippen molar-refractivity contribution in [1.29, 1.82) is 0 Å². The van der Waals surface area contributed by atoms with E-state index in [9.17, 15) is 9.59 Å². The summed E-state index contributed by atoms with van der Waals surface area (Å²) in [7, 11) is 0. The van der Waals surface area contributed by atoms with E-state index in [2.05, 4.69) is 10.6 Å². The predicted octanol–water partition coefficient (Wildman–Crippen LogP) is 3.87. The molecule has 0 fully saturated rings. The normalized spacial score (nSPS) is 11.1. The zero-order chi connectivity index (χ0) is 16.0. The average molecular weight is 331 g/mol. The molecule has 2 amide bonds. The van der Waals surface area contributed by atoms with Gasteiger partial charge in [-0.15, -0.1) is 0 Å². The van der Waals surface area contributed by atoms with Crippen LogP contribution >= 0.6 is 23.2 Å². The molecule has 1 aromatic rings. The quantitative estimate of drug-likeness (QED) is 0.614. The fraction of sp³-hybridized carbons (Fsp3) is 0.467. The van der Waals surface area contributed by atoms with Crippen LogP contribution in [-0.2, 0) is 9.59 Å². The van der Waals surface area contributed by atoms with Crippen molar-refractivity contribution in [2.75, 3.05) is 11.9 Å². The molecular weight excluding hydrogens is 311 g/mol. The molecule has 0 aliphatic heterocycles. The second kappa shape index (κ2) is 7.66. The molecule has 0 saturated carbocycles. The Labute approximate surface area is 135 Å². The van der Waals surface area contributed by atoms with Crippen molar-refractivity contribution in [2.24, 2.45) is 5.41 Å². The van der Waals surface area contributed by atoms with Gasteiger partial charge in [-0.25, -0.2) is 0 Å². The van der Waals surface area contributed by atoms with Gasteiger partial charge in [-0.1, -0.05) is 36.5 Å². The molecule has 0 aliphatic carbocycles. The van der Waals surface area contributed by atoms with Crippen molar-refractivity contribution in [1.82, 2.24) is 5.32 Å². The van der Waals surface area contributed by atoms with Crippen molar-refractivity contribution in [3.05, 3.63) is 28.2 Å². The van der Waals surface area contributed by atoms with Crippen LogP contribution in [0.15, 0.2) is 18.2 Å². The molecule has 0 aliphatic rings. The van der Waals surface area contributed by atoms with E-state index in [1.54, 1.807) is 26.0 Å². The van der Waals surface area contributed by atoms with Crippen LogP contribution < -0.4 is 10.6 Å². The number of unbranched alkanes of at least 4 members (excludes halogenated alkanes) is 1. The fourth-order valence-corrected chi connectivity index (χ4v) is 2.03. The Kier molecular flexibility index (Phi) is 6.49. The molecule has 0 aromatic heterocycles. The highest BCUT2D eigenvalue weighted by atomic mass is 35.5. The van der Waals surface area contributed by atoms with Gasteiger partial charge in [-0.3, -0.25) is 9.59 Å². The number of amides is 2. The Hall–Kier alpha value is -1.26. The van der Waals surface area contributed by atoms with Crippen molar-refractivity contribution < 1.29 is 9.59 Å². The summed E-state index contributed by atoms with van der Waals surface area (Å²) in [5.74, 6) is -0.723. The minimum atomic E-state index is -1.18. The number of carbonyl (C=O) groups excluding carboxylic acids is 2. The molecule has 2 N–H and O–H groups in total. The minimum Gasteiger partial charge on any atom is -0.355 e. The molecule has 0 spiro atoms. The number of anilines is 1. The lowest BCUT2D eigenvalue weighted by Crippen LogP contribution is -2.45. The highest BCUT2D eigenvalue weighted by Gasteiger charge is 2.36. The fourth-order valence-electron chi connectivity index (χ4n) is 1.57. The number of hydrogen-bond acceptors (Lipinski definition) is 2. The van der Waals surface area contributed by atoms with Crippen LogP contribution in [0.4, 0.5) is 5.69 Å². The number of nitrogens with one attached hydrogen (secondary N) is 2. The van der Waals surface area contributed by atoms with Gasteiger partial charge in [0.1, 0.15) is 5.41 Å². The van der Waals surface area contributed by atoms with E-state index >= 15 is 0 Å². The molecule has 21 heavy (non-hydrogen) atoms. The molecule has 0 unspecified atom stereocenters. The Morgan fingerprint density at radius 1 is 1.19 bits per heavy atom. The van der Waals surface area contributed by atoms with Gasteiger partial charge in [-0.05, 0) is 38.5 Å². The standard InChI is InChI=1S/C15H20Cl2N2O2/c1-4-5-8-18-13(20)15(2,3)14(21)19-12-7-6-10(16)9-11(12)17/h6-7,9H,4-5,8H2,1-3H3,(H,18,20)(H,19,21).